The van der Waals surface area contributed by atoms with Crippen molar-refractivity contribution in [3.05, 3.63) is 0 Å². The summed E-state index contributed by atoms with van der Waals surface area (Å²) in [4.78, 5) is 56.2. The molecule has 0 aromatic heterocycles. The molecule has 0 bridgehead atoms. The van der Waals surface area contributed by atoms with Gasteiger partial charge >= 0.3 is 11.9 Å². The Kier molecular flexibility index (Phi) is 10.2. The molecule has 2 N–H and O–H groups in total. The van der Waals surface area contributed by atoms with Gasteiger partial charge in [0.1, 0.15) is 0 Å². The SMILES string of the molecule is CCCC(=O)N1CCN(C(=O)CN2CCN(CC(=O)O)CCN(CC(=O)O)CC2)CC1. The number of nitrogens with zero attached hydrogens (tertiary/aromatic N) is 5. The zero-order valence-corrected chi connectivity index (χ0v) is 18.4. The van der Waals surface area contributed by atoms with Gasteiger partial charge in [-0.15, -0.1) is 0 Å². The third kappa shape index (κ3) is 8.80. The average Bonchev–Trinajstić information content (AvgIpc) is 2.80. The molecule has 0 unspecified atom stereocenters. The lowest BCUT2D eigenvalue weighted by atomic mass is 10.2. The Labute approximate surface area is 183 Å². The van der Waals surface area contributed by atoms with Crippen molar-refractivity contribution in [1.82, 2.24) is 24.5 Å². The van der Waals surface area contributed by atoms with Crippen molar-refractivity contribution < 1.29 is 29.4 Å². The van der Waals surface area contributed by atoms with E-state index in [-0.39, 0.29) is 31.4 Å². The molecule has 2 heterocycles. The Morgan fingerprint density at radius 1 is 0.581 bits per heavy atom. The van der Waals surface area contributed by atoms with Gasteiger partial charge in [-0.25, -0.2) is 0 Å². The van der Waals surface area contributed by atoms with E-state index in [0.717, 1.165) is 6.42 Å². The highest BCUT2D eigenvalue weighted by atomic mass is 16.4. The van der Waals surface area contributed by atoms with Crippen LogP contribution in [0.5, 0.6) is 0 Å². The van der Waals surface area contributed by atoms with E-state index in [1.165, 1.54) is 0 Å². The van der Waals surface area contributed by atoms with Gasteiger partial charge in [-0.2, -0.15) is 0 Å². The van der Waals surface area contributed by atoms with E-state index < -0.39 is 11.9 Å². The maximum atomic E-state index is 12.8. The second-order valence-corrected chi connectivity index (χ2v) is 8.13. The van der Waals surface area contributed by atoms with Gasteiger partial charge in [0.05, 0.1) is 19.6 Å². The molecule has 0 aliphatic carbocycles. The number of carbonyl (C=O) groups is 4. The van der Waals surface area contributed by atoms with Gasteiger partial charge in [-0.1, -0.05) is 6.92 Å². The first kappa shape index (κ1) is 25.0. The summed E-state index contributed by atoms with van der Waals surface area (Å²) in [7, 11) is 0. The minimum Gasteiger partial charge on any atom is -0.480 e. The second-order valence-electron chi connectivity index (χ2n) is 8.13. The topological polar surface area (TPSA) is 125 Å². The number of carboxylic acids is 2. The summed E-state index contributed by atoms with van der Waals surface area (Å²) in [6.07, 6.45) is 1.34. The fourth-order valence-electron chi connectivity index (χ4n) is 3.91. The number of carbonyl (C=O) groups excluding carboxylic acids is 2. The Morgan fingerprint density at radius 3 is 1.29 bits per heavy atom. The fraction of sp³-hybridized carbons (Fsp3) is 0.800. The highest BCUT2D eigenvalue weighted by Crippen LogP contribution is 2.07. The first-order valence-electron chi connectivity index (χ1n) is 10.9. The third-order valence-electron chi connectivity index (χ3n) is 5.72. The summed E-state index contributed by atoms with van der Waals surface area (Å²) in [5, 5.41) is 18.3. The van der Waals surface area contributed by atoms with Gasteiger partial charge in [-0.05, 0) is 6.42 Å². The average molecular weight is 442 g/mol. The quantitative estimate of drug-likeness (QED) is 0.465. The van der Waals surface area contributed by atoms with Gasteiger partial charge in [0.2, 0.25) is 11.8 Å². The monoisotopic (exact) mass is 441 g/mol. The van der Waals surface area contributed by atoms with Crippen LogP contribution < -0.4 is 0 Å². The molecule has 0 spiro atoms. The van der Waals surface area contributed by atoms with Crippen LogP contribution in [0.2, 0.25) is 0 Å². The summed E-state index contributed by atoms with van der Waals surface area (Å²) in [6.45, 7) is 7.06. The van der Waals surface area contributed by atoms with Crippen molar-refractivity contribution in [2.24, 2.45) is 0 Å². The predicted molar refractivity (Wildman–Crippen MR) is 113 cm³/mol. The normalized spacial score (nSPS) is 20.0. The lowest BCUT2D eigenvalue weighted by Crippen LogP contribution is -2.53. The zero-order chi connectivity index (χ0) is 22.8. The first-order valence-corrected chi connectivity index (χ1v) is 10.9. The van der Waals surface area contributed by atoms with Crippen LogP contribution in [0.1, 0.15) is 19.8 Å². The van der Waals surface area contributed by atoms with Crippen molar-refractivity contribution in [1.29, 1.82) is 0 Å². The maximum Gasteiger partial charge on any atom is 0.317 e. The Balaban J connectivity index is 1.91. The van der Waals surface area contributed by atoms with E-state index in [1.54, 1.807) is 19.6 Å². The molecule has 11 heteroatoms. The summed E-state index contributed by atoms with van der Waals surface area (Å²) in [6, 6.07) is 0. The maximum absolute atomic E-state index is 12.8. The van der Waals surface area contributed by atoms with Crippen molar-refractivity contribution in [2.45, 2.75) is 19.8 Å². The Hall–Kier alpha value is -2.24. The number of carboxylic acid groups (broad SMARTS) is 2. The molecule has 0 saturated carbocycles. The molecule has 31 heavy (non-hydrogen) atoms. The molecular weight excluding hydrogens is 406 g/mol. The summed E-state index contributed by atoms with van der Waals surface area (Å²) in [5.41, 5.74) is 0. The van der Waals surface area contributed by atoms with Gasteiger partial charge < -0.3 is 20.0 Å². The number of rotatable bonds is 8. The largest absolute Gasteiger partial charge is 0.480 e. The van der Waals surface area contributed by atoms with Crippen LogP contribution in [0.25, 0.3) is 0 Å². The summed E-state index contributed by atoms with van der Waals surface area (Å²) in [5.74, 6) is -1.74. The molecule has 0 aromatic carbocycles. The lowest BCUT2D eigenvalue weighted by molar-refractivity contribution is -0.140. The van der Waals surface area contributed by atoms with Gasteiger partial charge in [0.25, 0.3) is 0 Å². The molecular formula is C20H35N5O6. The number of hydrogen-bond donors (Lipinski definition) is 2. The second kappa shape index (κ2) is 12.6. The highest BCUT2D eigenvalue weighted by Gasteiger charge is 2.26. The van der Waals surface area contributed by atoms with Crippen LogP contribution in [0.15, 0.2) is 0 Å². The molecule has 2 saturated heterocycles. The molecule has 2 rings (SSSR count). The van der Waals surface area contributed by atoms with Crippen molar-refractivity contribution in [3.63, 3.8) is 0 Å². The van der Waals surface area contributed by atoms with E-state index >= 15 is 0 Å². The smallest absolute Gasteiger partial charge is 0.317 e. The van der Waals surface area contributed by atoms with Crippen molar-refractivity contribution in [2.75, 3.05) is 85.1 Å². The summed E-state index contributed by atoms with van der Waals surface area (Å²) < 4.78 is 0. The lowest BCUT2D eigenvalue weighted by Gasteiger charge is -2.36. The van der Waals surface area contributed by atoms with Crippen LogP contribution >= 0.6 is 0 Å². The van der Waals surface area contributed by atoms with E-state index in [4.69, 9.17) is 10.2 Å². The van der Waals surface area contributed by atoms with E-state index in [1.807, 2.05) is 11.8 Å². The standard InChI is InChI=1S/C20H35N5O6/c1-2-3-17(26)24-10-12-25(13-11-24)18(27)14-21-4-6-22(15-19(28)29)8-9-23(7-5-21)16-20(30)31/h2-16H2,1H3,(H,28,29)(H,30,31). The van der Waals surface area contributed by atoms with Crippen LogP contribution in [0, 0.1) is 0 Å². The van der Waals surface area contributed by atoms with Gasteiger partial charge in [-0.3, -0.25) is 33.9 Å². The molecule has 2 aliphatic rings. The first-order chi connectivity index (χ1) is 14.8. The molecule has 2 aliphatic heterocycles. The van der Waals surface area contributed by atoms with Crippen LogP contribution in [0.3, 0.4) is 0 Å². The van der Waals surface area contributed by atoms with Crippen molar-refractivity contribution in [3.8, 4) is 0 Å². The van der Waals surface area contributed by atoms with E-state index in [9.17, 15) is 19.2 Å². The van der Waals surface area contributed by atoms with Gasteiger partial charge in [0, 0.05) is 71.9 Å². The number of hydrogen-bond acceptors (Lipinski definition) is 7. The summed E-state index contributed by atoms with van der Waals surface area (Å²) >= 11 is 0. The van der Waals surface area contributed by atoms with Gasteiger partial charge in [0.15, 0.2) is 0 Å². The Bertz CT molecular complexity index is 610. The van der Waals surface area contributed by atoms with E-state index in [0.29, 0.717) is 71.9 Å². The number of piperazine rings is 1. The molecule has 2 amide bonds. The number of amides is 2. The molecule has 2 fully saturated rings. The minimum absolute atomic E-state index is 0.0172. The fourth-order valence-corrected chi connectivity index (χ4v) is 3.91. The Morgan fingerprint density at radius 2 is 0.935 bits per heavy atom. The van der Waals surface area contributed by atoms with Crippen LogP contribution in [-0.2, 0) is 19.2 Å². The molecule has 0 aromatic rings. The zero-order valence-electron chi connectivity index (χ0n) is 18.4. The minimum atomic E-state index is -0.929. The van der Waals surface area contributed by atoms with Crippen molar-refractivity contribution >= 4 is 23.8 Å². The van der Waals surface area contributed by atoms with E-state index in [2.05, 4.69) is 0 Å². The predicted octanol–water partition coefficient (Wildman–Crippen LogP) is -1.45. The molecule has 0 radical (unpaired) electrons. The molecule has 0 atom stereocenters. The molecule has 11 nitrogen and oxygen atoms in total. The third-order valence-corrected chi connectivity index (χ3v) is 5.72. The number of aliphatic carboxylic acids is 2. The van der Waals surface area contributed by atoms with Crippen LogP contribution in [-0.4, -0.2) is 144 Å². The van der Waals surface area contributed by atoms with Crippen LogP contribution in [0.4, 0.5) is 0 Å². The molecule has 176 valence electrons. The highest BCUT2D eigenvalue weighted by molar-refractivity contribution is 5.79.